The molecule has 0 saturated heterocycles. The Morgan fingerprint density at radius 1 is 1.29 bits per heavy atom. The minimum Gasteiger partial charge on any atom is -0.381 e. The van der Waals surface area contributed by atoms with E-state index in [0.29, 0.717) is 5.92 Å². The third-order valence-corrected chi connectivity index (χ3v) is 5.25. The van der Waals surface area contributed by atoms with Crippen LogP contribution in [-0.2, 0) is 9.53 Å². The van der Waals surface area contributed by atoms with Gasteiger partial charge in [-0.2, -0.15) is 0 Å². The summed E-state index contributed by atoms with van der Waals surface area (Å²) in [5, 5.41) is 3.46. The summed E-state index contributed by atoms with van der Waals surface area (Å²) in [6, 6.07) is 0.275. The smallest absolute Gasteiger partial charge is 0.238 e. The van der Waals surface area contributed by atoms with E-state index in [4.69, 9.17) is 10.5 Å². The first-order valence-corrected chi connectivity index (χ1v) is 8.70. The van der Waals surface area contributed by atoms with Gasteiger partial charge in [-0.3, -0.25) is 4.79 Å². The normalized spacial score (nSPS) is 30.3. The average Bonchev–Trinajstić information content (AvgIpc) is 3.04. The van der Waals surface area contributed by atoms with Crippen LogP contribution >= 0.6 is 0 Å². The summed E-state index contributed by atoms with van der Waals surface area (Å²) in [5.74, 6) is 0.902. The van der Waals surface area contributed by atoms with E-state index < -0.39 is 5.54 Å². The highest BCUT2D eigenvalue weighted by atomic mass is 16.5. The topological polar surface area (TPSA) is 64.3 Å². The largest absolute Gasteiger partial charge is 0.381 e. The molecule has 2 unspecified atom stereocenters. The second kappa shape index (κ2) is 7.59. The summed E-state index contributed by atoms with van der Waals surface area (Å²) in [7, 11) is 0. The Morgan fingerprint density at radius 3 is 2.62 bits per heavy atom. The van der Waals surface area contributed by atoms with E-state index in [2.05, 4.69) is 19.2 Å². The Hall–Kier alpha value is -0.610. The molecule has 2 aliphatic rings. The van der Waals surface area contributed by atoms with Crippen molar-refractivity contribution in [2.24, 2.45) is 17.6 Å². The van der Waals surface area contributed by atoms with Crippen LogP contribution in [0.5, 0.6) is 0 Å². The van der Waals surface area contributed by atoms with Crippen LogP contribution in [-0.4, -0.2) is 30.7 Å². The molecule has 122 valence electrons. The minimum absolute atomic E-state index is 0.186. The minimum atomic E-state index is -0.509. The zero-order chi connectivity index (χ0) is 15.3. The molecule has 0 heterocycles. The highest BCUT2D eigenvalue weighted by Gasteiger charge is 2.47. The lowest BCUT2D eigenvalue weighted by molar-refractivity contribution is -0.126. The number of carbonyl (C=O) groups excluding carboxylic acids is 1. The van der Waals surface area contributed by atoms with Crippen molar-refractivity contribution < 1.29 is 9.53 Å². The van der Waals surface area contributed by atoms with Crippen LogP contribution in [0.3, 0.4) is 0 Å². The molecule has 0 aromatic rings. The number of rotatable bonds is 8. The van der Waals surface area contributed by atoms with Crippen molar-refractivity contribution in [2.75, 3.05) is 13.2 Å². The molecule has 3 N–H and O–H groups in total. The van der Waals surface area contributed by atoms with Crippen LogP contribution in [0.4, 0.5) is 0 Å². The van der Waals surface area contributed by atoms with Gasteiger partial charge in [0.25, 0.3) is 0 Å². The second-order valence-corrected chi connectivity index (χ2v) is 7.24. The first kappa shape index (κ1) is 16.8. The lowest BCUT2D eigenvalue weighted by Crippen LogP contribution is -2.60. The van der Waals surface area contributed by atoms with Crippen LogP contribution < -0.4 is 11.1 Å². The molecule has 0 spiro atoms. The van der Waals surface area contributed by atoms with Gasteiger partial charge in [0.05, 0.1) is 0 Å². The van der Waals surface area contributed by atoms with Crippen LogP contribution in [0.1, 0.15) is 65.2 Å². The standard InChI is InChI=1S/C17H32N2O2/c1-13(2)19-17(16(18)20)10-5-8-15(17)9-11-21-12-14-6-3-4-7-14/h13-15,19H,3-12H2,1-2H3,(H2,18,20). The number of amides is 1. The molecular weight excluding hydrogens is 264 g/mol. The van der Waals surface area contributed by atoms with Crippen LogP contribution in [0.15, 0.2) is 0 Å². The SMILES string of the molecule is CC(C)NC1(C(N)=O)CCCC1CCOCC1CCCC1. The molecule has 0 aromatic carbocycles. The molecule has 2 fully saturated rings. The van der Waals surface area contributed by atoms with E-state index in [9.17, 15) is 4.79 Å². The molecule has 1 amide bonds. The number of primary amides is 1. The van der Waals surface area contributed by atoms with Gasteiger partial charge in [-0.15, -0.1) is 0 Å². The third kappa shape index (κ3) is 4.19. The molecule has 0 aromatic heterocycles. The van der Waals surface area contributed by atoms with E-state index in [-0.39, 0.29) is 11.9 Å². The number of nitrogens with one attached hydrogen (secondary N) is 1. The molecule has 2 atom stereocenters. The van der Waals surface area contributed by atoms with E-state index in [1.165, 1.54) is 25.7 Å². The van der Waals surface area contributed by atoms with Crippen molar-refractivity contribution in [1.29, 1.82) is 0 Å². The fraction of sp³-hybridized carbons (Fsp3) is 0.941. The van der Waals surface area contributed by atoms with Gasteiger partial charge in [-0.25, -0.2) is 0 Å². The Bertz CT molecular complexity index is 340. The Labute approximate surface area is 129 Å². The van der Waals surface area contributed by atoms with Gasteiger partial charge in [0, 0.05) is 19.3 Å². The number of nitrogens with two attached hydrogens (primary N) is 1. The van der Waals surface area contributed by atoms with Crippen LogP contribution in [0.25, 0.3) is 0 Å². The van der Waals surface area contributed by atoms with Crippen molar-refractivity contribution in [3.05, 3.63) is 0 Å². The second-order valence-electron chi connectivity index (χ2n) is 7.24. The van der Waals surface area contributed by atoms with E-state index >= 15 is 0 Å². The monoisotopic (exact) mass is 296 g/mol. The van der Waals surface area contributed by atoms with Crippen molar-refractivity contribution in [3.8, 4) is 0 Å². The molecule has 0 bridgehead atoms. The average molecular weight is 296 g/mol. The fourth-order valence-corrected chi connectivity index (χ4v) is 4.22. The number of hydrogen-bond donors (Lipinski definition) is 2. The van der Waals surface area contributed by atoms with Gasteiger partial charge >= 0.3 is 0 Å². The molecule has 4 heteroatoms. The molecule has 0 aliphatic heterocycles. The van der Waals surface area contributed by atoms with Gasteiger partial charge in [-0.05, 0) is 57.8 Å². The maximum atomic E-state index is 12.0. The predicted octanol–water partition coefficient (Wildman–Crippen LogP) is 2.61. The third-order valence-electron chi connectivity index (χ3n) is 5.25. The van der Waals surface area contributed by atoms with E-state index in [1.807, 2.05) is 0 Å². The Balaban J connectivity index is 1.80. The van der Waals surface area contributed by atoms with Crippen molar-refractivity contribution in [3.63, 3.8) is 0 Å². The summed E-state index contributed by atoms with van der Waals surface area (Å²) < 4.78 is 5.88. The Kier molecular flexibility index (Phi) is 6.06. The molecular formula is C17H32N2O2. The molecule has 2 saturated carbocycles. The fourth-order valence-electron chi connectivity index (χ4n) is 4.22. The first-order chi connectivity index (χ1) is 10.0. The highest BCUT2D eigenvalue weighted by molar-refractivity contribution is 5.85. The summed E-state index contributed by atoms with van der Waals surface area (Å²) >= 11 is 0. The van der Waals surface area contributed by atoms with Gasteiger partial charge in [-0.1, -0.05) is 19.3 Å². The van der Waals surface area contributed by atoms with E-state index in [0.717, 1.165) is 44.8 Å². The molecule has 21 heavy (non-hydrogen) atoms. The van der Waals surface area contributed by atoms with E-state index in [1.54, 1.807) is 0 Å². The summed E-state index contributed by atoms with van der Waals surface area (Å²) in [6.45, 7) is 5.82. The Morgan fingerprint density at radius 2 is 2.00 bits per heavy atom. The highest BCUT2D eigenvalue weighted by Crippen LogP contribution is 2.38. The molecule has 2 aliphatic carbocycles. The summed E-state index contributed by atoms with van der Waals surface area (Å²) in [4.78, 5) is 12.0. The van der Waals surface area contributed by atoms with Crippen molar-refractivity contribution >= 4 is 5.91 Å². The van der Waals surface area contributed by atoms with Crippen molar-refractivity contribution in [2.45, 2.75) is 76.8 Å². The zero-order valence-corrected chi connectivity index (χ0v) is 13.7. The lowest BCUT2D eigenvalue weighted by atomic mass is 9.83. The zero-order valence-electron chi connectivity index (χ0n) is 13.7. The molecule has 4 nitrogen and oxygen atoms in total. The predicted molar refractivity (Wildman–Crippen MR) is 84.9 cm³/mol. The maximum Gasteiger partial charge on any atom is 0.238 e. The molecule has 0 radical (unpaired) electrons. The quantitative estimate of drug-likeness (QED) is 0.677. The van der Waals surface area contributed by atoms with Gasteiger partial charge in [0.2, 0.25) is 5.91 Å². The maximum absolute atomic E-state index is 12.0. The number of carbonyl (C=O) groups is 1. The van der Waals surface area contributed by atoms with Crippen molar-refractivity contribution in [1.82, 2.24) is 5.32 Å². The first-order valence-electron chi connectivity index (χ1n) is 8.70. The number of hydrogen-bond acceptors (Lipinski definition) is 3. The number of ether oxygens (including phenoxy) is 1. The molecule has 2 rings (SSSR count). The summed E-state index contributed by atoms with van der Waals surface area (Å²) in [5.41, 5.74) is 5.22. The summed E-state index contributed by atoms with van der Waals surface area (Å²) in [6.07, 6.45) is 9.33. The van der Waals surface area contributed by atoms with Gasteiger partial charge in [0.1, 0.15) is 5.54 Å². The van der Waals surface area contributed by atoms with Crippen LogP contribution in [0, 0.1) is 11.8 Å². The lowest BCUT2D eigenvalue weighted by Gasteiger charge is -2.35. The van der Waals surface area contributed by atoms with Gasteiger partial charge < -0.3 is 15.8 Å². The van der Waals surface area contributed by atoms with Gasteiger partial charge in [0.15, 0.2) is 0 Å². The van der Waals surface area contributed by atoms with Crippen LogP contribution in [0.2, 0.25) is 0 Å².